The first-order valence-corrected chi connectivity index (χ1v) is 8.77. The van der Waals surface area contributed by atoms with Crippen LogP contribution in [0.3, 0.4) is 0 Å². The van der Waals surface area contributed by atoms with Crippen molar-refractivity contribution in [2.24, 2.45) is 0 Å². The molecular weight excluding hydrogens is 304 g/mol. The molecule has 118 valence electrons. The van der Waals surface area contributed by atoms with Crippen LogP contribution in [0.5, 0.6) is 0 Å². The lowest BCUT2D eigenvalue weighted by molar-refractivity contribution is 0.289. The molecule has 3 aromatic rings. The average molecular weight is 324 g/mol. The maximum Gasteiger partial charge on any atom is 0.117 e. The van der Waals surface area contributed by atoms with Crippen LogP contribution in [-0.2, 0) is 13.1 Å². The SMILES string of the molecule is Cc1nc(Cn2ccnc2[C@@H]2CN(C)Cc3ccccc32)cs1. The summed E-state index contributed by atoms with van der Waals surface area (Å²) in [6.45, 7) is 4.86. The summed E-state index contributed by atoms with van der Waals surface area (Å²) in [4.78, 5) is 11.7. The number of thiazole rings is 1. The largest absolute Gasteiger partial charge is 0.328 e. The Morgan fingerprint density at radius 2 is 2.17 bits per heavy atom. The minimum atomic E-state index is 0.319. The molecule has 4 nitrogen and oxygen atoms in total. The summed E-state index contributed by atoms with van der Waals surface area (Å²) in [5, 5.41) is 3.25. The summed E-state index contributed by atoms with van der Waals surface area (Å²) in [6, 6.07) is 8.74. The fraction of sp³-hybridized carbons (Fsp3) is 0.333. The van der Waals surface area contributed by atoms with Gasteiger partial charge in [-0.05, 0) is 25.1 Å². The van der Waals surface area contributed by atoms with E-state index in [1.54, 1.807) is 11.3 Å². The van der Waals surface area contributed by atoms with Gasteiger partial charge in [-0.2, -0.15) is 0 Å². The second-order valence-electron chi connectivity index (χ2n) is 6.22. The summed E-state index contributed by atoms with van der Waals surface area (Å²) in [6.07, 6.45) is 3.98. The van der Waals surface area contributed by atoms with Crippen molar-refractivity contribution >= 4 is 11.3 Å². The van der Waals surface area contributed by atoms with Crippen LogP contribution in [0.1, 0.15) is 33.6 Å². The number of rotatable bonds is 3. The first-order chi connectivity index (χ1) is 11.2. The van der Waals surface area contributed by atoms with Gasteiger partial charge in [-0.1, -0.05) is 24.3 Å². The topological polar surface area (TPSA) is 34.0 Å². The van der Waals surface area contributed by atoms with Crippen molar-refractivity contribution in [3.05, 3.63) is 69.7 Å². The Morgan fingerprint density at radius 3 is 3.00 bits per heavy atom. The standard InChI is InChI=1S/C18H20N4S/c1-13-20-15(12-23-13)10-22-8-7-19-18(22)17-11-21(2)9-14-5-3-4-6-16(14)17/h3-8,12,17H,9-11H2,1-2H3/t17-/m1/s1. The van der Waals surface area contributed by atoms with E-state index in [1.807, 2.05) is 6.20 Å². The third-order valence-electron chi connectivity index (χ3n) is 4.42. The maximum absolute atomic E-state index is 4.69. The number of likely N-dealkylation sites (N-methyl/N-ethyl adjacent to an activating group) is 1. The van der Waals surface area contributed by atoms with E-state index in [0.717, 1.165) is 36.2 Å². The van der Waals surface area contributed by atoms with Crippen LogP contribution < -0.4 is 0 Å². The molecule has 0 radical (unpaired) electrons. The van der Waals surface area contributed by atoms with Gasteiger partial charge in [-0.3, -0.25) is 0 Å². The van der Waals surface area contributed by atoms with E-state index < -0.39 is 0 Å². The Labute approximate surface area is 140 Å². The molecule has 1 aliphatic rings. The molecule has 1 aromatic carbocycles. The van der Waals surface area contributed by atoms with Crippen LogP contribution in [0.15, 0.2) is 42.0 Å². The number of aryl methyl sites for hydroxylation is 1. The molecule has 3 heterocycles. The number of imidazole rings is 1. The fourth-order valence-corrected chi connectivity index (χ4v) is 4.03. The molecule has 0 fully saturated rings. The zero-order chi connectivity index (χ0) is 15.8. The van der Waals surface area contributed by atoms with Crippen molar-refractivity contribution in [3.8, 4) is 0 Å². The fourth-order valence-electron chi connectivity index (χ4n) is 3.42. The molecule has 23 heavy (non-hydrogen) atoms. The molecule has 1 aliphatic heterocycles. The molecule has 0 amide bonds. The highest BCUT2D eigenvalue weighted by Crippen LogP contribution is 2.32. The molecule has 2 aromatic heterocycles. The number of aromatic nitrogens is 3. The molecule has 0 bridgehead atoms. The molecule has 0 unspecified atom stereocenters. The molecule has 0 aliphatic carbocycles. The predicted octanol–water partition coefficient (Wildman–Crippen LogP) is 3.27. The second-order valence-corrected chi connectivity index (χ2v) is 7.28. The van der Waals surface area contributed by atoms with Crippen molar-refractivity contribution in [2.75, 3.05) is 13.6 Å². The normalized spacial score (nSPS) is 18.1. The molecule has 0 spiro atoms. The Morgan fingerprint density at radius 1 is 1.30 bits per heavy atom. The van der Waals surface area contributed by atoms with Crippen LogP contribution in [0.25, 0.3) is 0 Å². The van der Waals surface area contributed by atoms with Crippen molar-refractivity contribution in [3.63, 3.8) is 0 Å². The Bertz CT molecular complexity index is 820. The van der Waals surface area contributed by atoms with E-state index in [0.29, 0.717) is 5.92 Å². The summed E-state index contributed by atoms with van der Waals surface area (Å²) in [5.41, 5.74) is 3.93. The number of fused-ring (bicyclic) bond motifs is 1. The van der Waals surface area contributed by atoms with Gasteiger partial charge in [0, 0.05) is 30.9 Å². The zero-order valence-corrected chi connectivity index (χ0v) is 14.3. The molecule has 5 heteroatoms. The maximum atomic E-state index is 4.69. The Balaban J connectivity index is 1.70. The van der Waals surface area contributed by atoms with Gasteiger partial charge >= 0.3 is 0 Å². The first-order valence-electron chi connectivity index (χ1n) is 7.89. The Kier molecular flexibility index (Phi) is 3.75. The van der Waals surface area contributed by atoms with E-state index in [9.17, 15) is 0 Å². The van der Waals surface area contributed by atoms with Gasteiger partial charge in [0.1, 0.15) is 5.82 Å². The number of hydrogen-bond acceptors (Lipinski definition) is 4. The number of hydrogen-bond donors (Lipinski definition) is 0. The molecule has 0 N–H and O–H groups in total. The van der Waals surface area contributed by atoms with Gasteiger partial charge in [-0.15, -0.1) is 11.3 Å². The quantitative estimate of drug-likeness (QED) is 0.741. The lowest BCUT2D eigenvalue weighted by Gasteiger charge is -2.32. The summed E-state index contributed by atoms with van der Waals surface area (Å²) in [7, 11) is 2.18. The summed E-state index contributed by atoms with van der Waals surface area (Å²) >= 11 is 1.70. The van der Waals surface area contributed by atoms with Gasteiger partial charge in [0.25, 0.3) is 0 Å². The summed E-state index contributed by atoms with van der Waals surface area (Å²) < 4.78 is 2.25. The lowest BCUT2D eigenvalue weighted by Crippen LogP contribution is -2.32. The minimum absolute atomic E-state index is 0.319. The minimum Gasteiger partial charge on any atom is -0.328 e. The van der Waals surface area contributed by atoms with Crippen LogP contribution in [-0.4, -0.2) is 33.0 Å². The molecule has 0 saturated heterocycles. The average Bonchev–Trinajstić information content (AvgIpc) is 3.16. The van der Waals surface area contributed by atoms with Gasteiger partial charge in [0.2, 0.25) is 0 Å². The van der Waals surface area contributed by atoms with Crippen molar-refractivity contribution in [2.45, 2.75) is 25.9 Å². The van der Waals surface area contributed by atoms with Crippen LogP contribution in [0.4, 0.5) is 0 Å². The zero-order valence-electron chi connectivity index (χ0n) is 13.4. The third kappa shape index (κ3) is 2.82. The van der Waals surface area contributed by atoms with Crippen LogP contribution in [0, 0.1) is 6.92 Å². The monoisotopic (exact) mass is 324 g/mol. The third-order valence-corrected chi connectivity index (χ3v) is 5.25. The van der Waals surface area contributed by atoms with Crippen molar-refractivity contribution in [1.82, 2.24) is 19.4 Å². The summed E-state index contributed by atoms with van der Waals surface area (Å²) in [5.74, 6) is 1.45. The van der Waals surface area contributed by atoms with Crippen molar-refractivity contribution in [1.29, 1.82) is 0 Å². The van der Waals surface area contributed by atoms with Gasteiger partial charge in [0.15, 0.2) is 0 Å². The van der Waals surface area contributed by atoms with Gasteiger partial charge < -0.3 is 9.47 Å². The second kappa shape index (κ2) is 5.91. The highest BCUT2D eigenvalue weighted by molar-refractivity contribution is 7.09. The van der Waals surface area contributed by atoms with E-state index in [4.69, 9.17) is 0 Å². The predicted molar refractivity (Wildman–Crippen MR) is 92.8 cm³/mol. The lowest BCUT2D eigenvalue weighted by atomic mass is 9.89. The van der Waals surface area contributed by atoms with E-state index in [1.165, 1.54) is 11.1 Å². The highest BCUT2D eigenvalue weighted by Gasteiger charge is 2.27. The number of nitrogens with zero attached hydrogens (tertiary/aromatic N) is 4. The van der Waals surface area contributed by atoms with Crippen molar-refractivity contribution < 1.29 is 0 Å². The number of benzene rings is 1. The smallest absolute Gasteiger partial charge is 0.117 e. The first kappa shape index (κ1) is 14.6. The molecular formula is C18H20N4S. The molecule has 4 rings (SSSR count). The molecule has 1 atom stereocenters. The Hall–Kier alpha value is -1.98. The van der Waals surface area contributed by atoms with Gasteiger partial charge in [0.05, 0.1) is 23.2 Å². The van der Waals surface area contributed by atoms with E-state index in [-0.39, 0.29) is 0 Å². The van der Waals surface area contributed by atoms with Crippen LogP contribution >= 0.6 is 11.3 Å². The van der Waals surface area contributed by atoms with Gasteiger partial charge in [-0.25, -0.2) is 9.97 Å². The van der Waals surface area contributed by atoms with E-state index in [2.05, 4.69) is 69.2 Å². The van der Waals surface area contributed by atoms with Crippen LogP contribution in [0.2, 0.25) is 0 Å². The highest BCUT2D eigenvalue weighted by atomic mass is 32.1. The van der Waals surface area contributed by atoms with E-state index >= 15 is 0 Å². The molecule has 0 saturated carbocycles.